The van der Waals surface area contributed by atoms with E-state index in [0.717, 1.165) is 0 Å². The van der Waals surface area contributed by atoms with E-state index in [-0.39, 0.29) is 51.4 Å². The van der Waals surface area contributed by atoms with E-state index in [0.29, 0.717) is 0 Å². The Hall–Kier alpha value is 2.80. The summed E-state index contributed by atoms with van der Waals surface area (Å²) in [4.78, 5) is 0. The van der Waals surface area contributed by atoms with Gasteiger partial charge in [0.15, 0.2) is 0 Å². The fraction of sp³-hybridized carbons (Fsp3) is 1.00. The molecule has 5 heteroatoms. The Morgan fingerprint density at radius 1 is 0.833 bits per heavy atom. The first-order chi connectivity index (χ1) is 2.00. The molecule has 0 heterocycles. The molecule has 0 aromatic carbocycles. The Morgan fingerprint density at radius 3 is 0.833 bits per heavy atom. The molecule has 0 saturated carbocycles. The molecule has 6 heavy (non-hydrogen) atoms. The summed E-state index contributed by atoms with van der Waals surface area (Å²) in [7, 11) is 0. The van der Waals surface area contributed by atoms with Crippen molar-refractivity contribution in [2.24, 2.45) is 0 Å². The van der Waals surface area contributed by atoms with Crippen molar-refractivity contribution in [3.63, 3.8) is 0 Å². The predicted octanol–water partition coefficient (Wildman–Crippen LogP) is 1.90. The summed E-state index contributed by atoms with van der Waals surface area (Å²) in [5.41, 5.74) is 0. The van der Waals surface area contributed by atoms with Gasteiger partial charge in [-0.1, -0.05) is 46.4 Å². The first kappa shape index (κ1) is 11.6. The molecule has 0 aromatic rings. The van der Waals surface area contributed by atoms with Gasteiger partial charge >= 0.3 is 51.4 Å². The van der Waals surface area contributed by atoms with Gasteiger partial charge in [0.1, 0.15) is 0 Å². The maximum atomic E-state index is 4.83. The Bertz CT molecular complexity index is 23.0. The molecule has 0 nitrogen and oxygen atoms in total. The van der Waals surface area contributed by atoms with Gasteiger partial charge in [-0.2, -0.15) is 0 Å². The second-order valence-electron chi connectivity index (χ2n) is 0.429. The zero-order valence-corrected chi connectivity index (χ0v) is 5.04. The predicted molar refractivity (Wildman–Crippen MR) is 33.3 cm³/mol. The van der Waals surface area contributed by atoms with Gasteiger partial charge in [-0.3, -0.25) is 0 Å². The molecule has 0 aliphatic carbocycles. The normalized spacial score (nSPS) is 10.0. The topological polar surface area (TPSA) is 0 Å². The summed E-state index contributed by atoms with van der Waals surface area (Å²) >= 11 is 19.3. The van der Waals surface area contributed by atoms with Gasteiger partial charge in [0.05, 0.1) is 0 Å². The van der Waals surface area contributed by atoms with E-state index in [1.54, 1.807) is 0 Å². The molecular weight excluding hydrogens is 193 g/mol. The average molecular weight is 194 g/mol. The first-order valence-corrected chi connectivity index (χ1v) is 2.27. The second-order valence-corrected chi connectivity index (χ2v) is 3.86. The molecule has 34 valence electrons. The van der Waals surface area contributed by atoms with Crippen LogP contribution < -0.4 is 0 Å². The minimum atomic E-state index is -1.61. The van der Waals surface area contributed by atoms with Crippen molar-refractivity contribution in [3.05, 3.63) is 0 Å². The van der Waals surface area contributed by atoms with Crippen molar-refractivity contribution >= 4 is 97.8 Å². The molecule has 0 N–H and O–H groups in total. The summed E-state index contributed by atoms with van der Waals surface area (Å²) in [6, 6.07) is 0. The van der Waals surface area contributed by atoms with Crippen molar-refractivity contribution in [1.29, 1.82) is 0 Å². The van der Waals surface area contributed by atoms with Crippen LogP contribution in [0.25, 0.3) is 0 Å². The van der Waals surface area contributed by atoms with E-state index in [1.807, 2.05) is 0 Å². The van der Waals surface area contributed by atoms with Crippen LogP contribution in [0.1, 0.15) is 0 Å². The molecule has 0 spiro atoms. The molecule has 0 amide bonds. The molecule has 0 atom stereocenters. The quantitative estimate of drug-likeness (QED) is 0.408. The molecular formula is CHCl4K. The number of hydrogen-bond acceptors (Lipinski definition) is 0. The van der Waals surface area contributed by atoms with Crippen LogP contribution in [0.15, 0.2) is 0 Å². The van der Waals surface area contributed by atoms with Crippen molar-refractivity contribution in [1.82, 2.24) is 0 Å². The van der Waals surface area contributed by atoms with E-state index >= 15 is 0 Å². The Morgan fingerprint density at radius 2 is 0.833 bits per heavy atom. The van der Waals surface area contributed by atoms with Crippen LogP contribution in [0.2, 0.25) is 0 Å². The van der Waals surface area contributed by atoms with Crippen molar-refractivity contribution < 1.29 is 0 Å². The van der Waals surface area contributed by atoms with E-state index in [2.05, 4.69) is 0 Å². The van der Waals surface area contributed by atoms with Gasteiger partial charge in [0.25, 0.3) is 3.25 Å². The van der Waals surface area contributed by atoms with E-state index in [9.17, 15) is 0 Å². The molecule has 0 saturated heterocycles. The molecule has 0 radical (unpaired) electrons. The molecule has 0 aliphatic heterocycles. The number of halogens is 4. The monoisotopic (exact) mass is 192 g/mol. The fourth-order valence-corrected chi connectivity index (χ4v) is 0. The Labute approximate surface area is 98.9 Å². The zero-order valence-electron chi connectivity index (χ0n) is 2.01. The number of alkyl halides is 4. The van der Waals surface area contributed by atoms with Crippen LogP contribution in [0.3, 0.4) is 0 Å². The second kappa shape index (κ2) is 4.65. The minimum absolute atomic E-state index is 0. The van der Waals surface area contributed by atoms with Crippen molar-refractivity contribution in [2.45, 2.75) is 3.25 Å². The van der Waals surface area contributed by atoms with Gasteiger partial charge < -0.3 is 0 Å². The van der Waals surface area contributed by atoms with Crippen LogP contribution in [-0.4, -0.2) is 54.6 Å². The third kappa shape index (κ3) is 29.2. The summed E-state index contributed by atoms with van der Waals surface area (Å²) in [6.07, 6.45) is 0. The number of rotatable bonds is 0. The summed E-state index contributed by atoms with van der Waals surface area (Å²) in [5.74, 6) is 0. The average Bonchev–Trinajstić information content (AvgIpc) is 0.722. The number of hydrogen-bond donors (Lipinski definition) is 0. The van der Waals surface area contributed by atoms with E-state index in [4.69, 9.17) is 46.4 Å². The standard InChI is InChI=1S/CCl4.K.H/c2-1(3,4)5;;. The van der Waals surface area contributed by atoms with Gasteiger partial charge in [-0.25, -0.2) is 0 Å². The SMILES string of the molecule is ClC(Cl)(Cl)Cl.[KH]. The summed E-state index contributed by atoms with van der Waals surface area (Å²) < 4.78 is -1.61. The fourth-order valence-electron chi connectivity index (χ4n) is 0. The molecule has 0 bridgehead atoms. The van der Waals surface area contributed by atoms with Crippen LogP contribution in [0, 0.1) is 0 Å². The molecule has 0 unspecified atom stereocenters. The summed E-state index contributed by atoms with van der Waals surface area (Å²) in [6.45, 7) is 0. The Kier molecular flexibility index (Phi) is 8.98. The molecule has 0 fully saturated rings. The summed E-state index contributed by atoms with van der Waals surface area (Å²) in [5, 5.41) is 0. The van der Waals surface area contributed by atoms with E-state index < -0.39 is 3.25 Å². The van der Waals surface area contributed by atoms with Gasteiger partial charge in [-0.05, 0) is 0 Å². The van der Waals surface area contributed by atoms with E-state index in [1.165, 1.54) is 0 Å². The van der Waals surface area contributed by atoms with Crippen molar-refractivity contribution in [2.75, 3.05) is 0 Å². The molecule has 0 rings (SSSR count). The van der Waals surface area contributed by atoms with Crippen LogP contribution >= 0.6 is 46.4 Å². The maximum absolute atomic E-state index is 4.83. The van der Waals surface area contributed by atoms with Crippen LogP contribution in [0.4, 0.5) is 0 Å². The van der Waals surface area contributed by atoms with Gasteiger partial charge in [-0.15, -0.1) is 0 Å². The Balaban J connectivity index is 0. The van der Waals surface area contributed by atoms with Crippen molar-refractivity contribution in [3.8, 4) is 0 Å². The van der Waals surface area contributed by atoms with Crippen LogP contribution in [0.5, 0.6) is 0 Å². The third-order valence-corrected chi connectivity index (χ3v) is 0. The van der Waals surface area contributed by atoms with Gasteiger partial charge in [0.2, 0.25) is 0 Å². The molecule has 0 aliphatic rings. The zero-order chi connectivity index (χ0) is 4.50. The van der Waals surface area contributed by atoms with Crippen LogP contribution in [-0.2, 0) is 0 Å². The molecule has 0 aromatic heterocycles. The third-order valence-electron chi connectivity index (χ3n) is 0. The first-order valence-electron chi connectivity index (χ1n) is 0.756. The van der Waals surface area contributed by atoms with Gasteiger partial charge in [0, 0.05) is 0 Å².